The van der Waals surface area contributed by atoms with E-state index in [0.717, 1.165) is 17.7 Å². The van der Waals surface area contributed by atoms with Crippen molar-refractivity contribution >= 4 is 38.1 Å². The maximum atomic E-state index is 12.6. The number of nitrogens with one attached hydrogen (secondary N) is 2. The Labute approximate surface area is 175 Å². The molecule has 3 rings (SSSR count). The molecule has 152 valence electrons. The fourth-order valence-corrected chi connectivity index (χ4v) is 4.74. The average molecular weight is 430 g/mol. The minimum absolute atomic E-state index is 0.0984. The lowest BCUT2D eigenvalue weighted by Crippen LogP contribution is -2.13. The van der Waals surface area contributed by atoms with Crippen LogP contribution in [0.3, 0.4) is 0 Å². The van der Waals surface area contributed by atoms with E-state index in [1.165, 1.54) is 36.0 Å². The maximum absolute atomic E-state index is 12.6. The van der Waals surface area contributed by atoms with Gasteiger partial charge in [0, 0.05) is 23.6 Å². The van der Waals surface area contributed by atoms with Crippen LogP contribution in [0.25, 0.3) is 11.3 Å². The first-order valence-electron chi connectivity index (χ1n) is 9.25. The van der Waals surface area contributed by atoms with Crippen LogP contribution in [0.15, 0.2) is 58.8 Å². The number of benzene rings is 2. The Bertz CT molecular complexity index is 1090. The second-order valence-electron chi connectivity index (χ2n) is 6.78. The zero-order valence-electron chi connectivity index (χ0n) is 16.5. The number of anilines is 2. The van der Waals surface area contributed by atoms with Crippen LogP contribution in [0.2, 0.25) is 0 Å². The van der Waals surface area contributed by atoms with Gasteiger partial charge in [-0.1, -0.05) is 38.1 Å². The van der Waals surface area contributed by atoms with Crippen molar-refractivity contribution in [3.05, 3.63) is 59.5 Å². The Morgan fingerprint density at radius 3 is 2.34 bits per heavy atom. The molecule has 0 saturated heterocycles. The second kappa shape index (κ2) is 8.75. The van der Waals surface area contributed by atoms with E-state index in [-0.39, 0.29) is 10.8 Å². The minimum atomic E-state index is -3.76. The van der Waals surface area contributed by atoms with Crippen LogP contribution >= 0.6 is 11.3 Å². The van der Waals surface area contributed by atoms with Crippen LogP contribution in [-0.2, 0) is 14.8 Å². The molecule has 0 saturated carbocycles. The molecule has 8 heteroatoms. The number of thiazole rings is 1. The summed E-state index contributed by atoms with van der Waals surface area (Å²) in [7, 11) is -3.76. The van der Waals surface area contributed by atoms with Crippen molar-refractivity contribution in [3.8, 4) is 11.3 Å². The van der Waals surface area contributed by atoms with Gasteiger partial charge in [-0.15, -0.1) is 11.3 Å². The van der Waals surface area contributed by atoms with Crippen molar-refractivity contribution in [2.24, 2.45) is 0 Å². The lowest BCUT2D eigenvalue weighted by atomic mass is 9.97. The molecule has 2 aromatic carbocycles. The number of carbonyl (C=O) groups is 1. The summed E-state index contributed by atoms with van der Waals surface area (Å²) in [5.41, 5.74) is 3.48. The number of amides is 1. The van der Waals surface area contributed by atoms with E-state index in [2.05, 4.69) is 41.0 Å². The highest BCUT2D eigenvalue weighted by Crippen LogP contribution is 2.28. The minimum Gasteiger partial charge on any atom is -0.326 e. The van der Waals surface area contributed by atoms with Gasteiger partial charge in [0.05, 0.1) is 10.6 Å². The van der Waals surface area contributed by atoms with E-state index in [1.54, 1.807) is 12.1 Å². The Morgan fingerprint density at radius 1 is 1.10 bits per heavy atom. The number of hydrogen-bond acceptors (Lipinski definition) is 5. The molecule has 0 spiro atoms. The fraction of sp³-hybridized carbons (Fsp3) is 0.238. The van der Waals surface area contributed by atoms with Crippen LogP contribution in [0.5, 0.6) is 0 Å². The first kappa shape index (κ1) is 21.0. The Morgan fingerprint density at radius 2 is 1.76 bits per heavy atom. The first-order valence-corrected chi connectivity index (χ1v) is 11.6. The quantitative estimate of drug-likeness (QED) is 0.548. The van der Waals surface area contributed by atoms with Crippen molar-refractivity contribution in [2.45, 2.75) is 38.0 Å². The highest BCUT2D eigenvalue weighted by atomic mass is 32.2. The molecule has 0 fully saturated rings. The van der Waals surface area contributed by atoms with E-state index in [4.69, 9.17) is 0 Å². The number of hydrogen-bond donors (Lipinski definition) is 2. The van der Waals surface area contributed by atoms with Gasteiger partial charge in [-0.05, 0) is 42.2 Å². The van der Waals surface area contributed by atoms with E-state index < -0.39 is 10.0 Å². The third kappa shape index (κ3) is 5.21. The Kier molecular flexibility index (Phi) is 6.34. The summed E-state index contributed by atoms with van der Waals surface area (Å²) in [5, 5.41) is 4.74. The third-order valence-electron chi connectivity index (χ3n) is 4.60. The fourth-order valence-electron chi connectivity index (χ4n) is 2.77. The highest BCUT2D eigenvalue weighted by Gasteiger charge is 2.17. The van der Waals surface area contributed by atoms with Crippen LogP contribution in [-0.4, -0.2) is 19.3 Å². The maximum Gasteiger partial charge on any atom is 0.263 e. The lowest BCUT2D eigenvalue weighted by Gasteiger charge is -2.09. The van der Waals surface area contributed by atoms with Gasteiger partial charge in [0.25, 0.3) is 10.0 Å². The van der Waals surface area contributed by atoms with Crippen LogP contribution in [0, 0.1) is 0 Å². The van der Waals surface area contributed by atoms with Crippen molar-refractivity contribution in [1.82, 2.24) is 4.98 Å². The summed E-state index contributed by atoms with van der Waals surface area (Å²) >= 11 is 1.23. The molecule has 0 aliphatic rings. The van der Waals surface area contributed by atoms with Gasteiger partial charge in [-0.2, -0.15) is 0 Å². The largest absolute Gasteiger partial charge is 0.326 e. The van der Waals surface area contributed by atoms with Crippen molar-refractivity contribution in [2.75, 3.05) is 10.0 Å². The van der Waals surface area contributed by atoms with Crippen molar-refractivity contribution in [3.63, 3.8) is 0 Å². The predicted octanol–water partition coefficient (Wildman–Crippen LogP) is 5.08. The molecule has 29 heavy (non-hydrogen) atoms. The molecule has 1 atom stereocenters. The molecule has 2 N–H and O–H groups in total. The number of sulfonamides is 1. The average Bonchev–Trinajstić information content (AvgIpc) is 3.15. The number of nitrogens with zero attached hydrogens (tertiary/aromatic N) is 1. The van der Waals surface area contributed by atoms with Crippen LogP contribution < -0.4 is 10.0 Å². The van der Waals surface area contributed by atoms with Gasteiger partial charge in [-0.25, -0.2) is 13.4 Å². The van der Waals surface area contributed by atoms with Crippen molar-refractivity contribution < 1.29 is 13.2 Å². The van der Waals surface area contributed by atoms with Gasteiger partial charge in [-0.3, -0.25) is 9.52 Å². The number of rotatable bonds is 7. The van der Waals surface area contributed by atoms with Gasteiger partial charge in [0.1, 0.15) is 0 Å². The molecule has 0 aliphatic carbocycles. The molecule has 0 aliphatic heterocycles. The molecule has 1 aromatic heterocycles. The molecule has 3 aromatic rings. The molecule has 1 amide bonds. The molecule has 0 radical (unpaired) electrons. The highest BCUT2D eigenvalue weighted by molar-refractivity contribution is 7.93. The summed E-state index contributed by atoms with van der Waals surface area (Å²) in [4.78, 5) is 15.6. The SMILES string of the molecule is CCC(C)c1ccc(-c2csc(NS(=O)(=O)c3ccc(NC(C)=O)cc3)n2)cc1. The molecular weight excluding hydrogens is 406 g/mol. The van der Waals surface area contributed by atoms with Crippen LogP contribution in [0.1, 0.15) is 38.7 Å². The predicted molar refractivity (Wildman–Crippen MR) is 118 cm³/mol. The zero-order valence-corrected chi connectivity index (χ0v) is 18.1. The Balaban J connectivity index is 1.74. The molecule has 1 heterocycles. The van der Waals surface area contributed by atoms with Crippen molar-refractivity contribution in [1.29, 1.82) is 0 Å². The van der Waals surface area contributed by atoms with E-state index >= 15 is 0 Å². The number of carbonyl (C=O) groups excluding carboxylic acids is 1. The topological polar surface area (TPSA) is 88.2 Å². The molecule has 1 unspecified atom stereocenters. The summed E-state index contributed by atoms with van der Waals surface area (Å²) < 4.78 is 27.7. The zero-order chi connectivity index (χ0) is 21.0. The smallest absolute Gasteiger partial charge is 0.263 e. The van der Waals surface area contributed by atoms with Gasteiger partial charge in [0.2, 0.25) is 5.91 Å². The second-order valence-corrected chi connectivity index (χ2v) is 9.32. The standard InChI is InChI=1S/C21H23N3O3S2/c1-4-14(2)16-5-7-17(8-6-16)20-13-28-21(23-20)24-29(26,27)19-11-9-18(10-12-19)22-15(3)25/h5-14H,4H2,1-3H3,(H,22,25)(H,23,24). The molecule has 0 bridgehead atoms. The summed E-state index contributed by atoms with van der Waals surface area (Å²) in [6.45, 7) is 5.74. The van der Waals surface area contributed by atoms with E-state index in [9.17, 15) is 13.2 Å². The van der Waals surface area contributed by atoms with Crippen LogP contribution in [0.4, 0.5) is 10.8 Å². The van der Waals surface area contributed by atoms with E-state index in [1.807, 2.05) is 17.5 Å². The molecular formula is C21H23N3O3S2. The summed E-state index contributed by atoms with van der Waals surface area (Å²) in [6.07, 6.45) is 1.08. The third-order valence-corrected chi connectivity index (χ3v) is 6.84. The summed E-state index contributed by atoms with van der Waals surface area (Å²) in [6, 6.07) is 14.2. The first-order chi connectivity index (χ1) is 13.8. The van der Waals surface area contributed by atoms with Gasteiger partial charge in [0.15, 0.2) is 5.13 Å². The monoisotopic (exact) mass is 429 g/mol. The number of aromatic nitrogens is 1. The summed E-state index contributed by atoms with van der Waals surface area (Å²) in [5.74, 6) is 0.283. The van der Waals surface area contributed by atoms with Gasteiger partial charge < -0.3 is 5.32 Å². The van der Waals surface area contributed by atoms with E-state index in [0.29, 0.717) is 16.7 Å². The molecule has 6 nitrogen and oxygen atoms in total. The Hall–Kier alpha value is -2.71. The lowest BCUT2D eigenvalue weighted by molar-refractivity contribution is -0.114. The normalized spacial score (nSPS) is 12.4. The van der Waals surface area contributed by atoms with Gasteiger partial charge >= 0.3 is 0 Å².